The van der Waals surface area contributed by atoms with Gasteiger partial charge in [0.2, 0.25) is 0 Å². The summed E-state index contributed by atoms with van der Waals surface area (Å²) in [5.74, 6) is 1.59. The summed E-state index contributed by atoms with van der Waals surface area (Å²) in [7, 11) is 0. The Balaban J connectivity index is 1.50. The van der Waals surface area contributed by atoms with Crippen molar-refractivity contribution in [2.24, 2.45) is 0 Å². The van der Waals surface area contributed by atoms with Gasteiger partial charge in [0, 0.05) is 25.0 Å². The molecule has 1 aliphatic rings. The number of nitrogens with zero attached hydrogens (tertiary/aromatic N) is 4. The number of halogens is 1. The Morgan fingerprint density at radius 2 is 2.09 bits per heavy atom. The molecule has 5 nitrogen and oxygen atoms in total. The SMILES string of the molecule is Clc1nccc2[nH]c(Cc3cn4cc(C5CC5)ccc4n3)nc12. The summed E-state index contributed by atoms with van der Waals surface area (Å²) >= 11 is 6.08. The van der Waals surface area contributed by atoms with Crippen LogP contribution < -0.4 is 0 Å². The lowest BCUT2D eigenvalue weighted by Gasteiger charge is -1.98. The van der Waals surface area contributed by atoms with Gasteiger partial charge in [-0.25, -0.2) is 15.0 Å². The lowest BCUT2D eigenvalue weighted by molar-refractivity contribution is 1.00. The molecule has 4 aromatic rings. The first-order chi connectivity index (χ1) is 11.3. The molecule has 1 fully saturated rings. The maximum Gasteiger partial charge on any atom is 0.156 e. The zero-order chi connectivity index (χ0) is 15.4. The molecule has 1 saturated carbocycles. The fraction of sp³-hybridized carbons (Fsp3) is 0.235. The zero-order valence-electron chi connectivity index (χ0n) is 12.3. The van der Waals surface area contributed by atoms with Crippen molar-refractivity contribution in [1.29, 1.82) is 0 Å². The molecule has 0 amide bonds. The molecule has 0 radical (unpaired) electrons. The number of hydrogen-bond donors (Lipinski definition) is 1. The summed E-state index contributed by atoms with van der Waals surface area (Å²) in [6.07, 6.45) is 9.21. The molecule has 0 atom stereocenters. The highest BCUT2D eigenvalue weighted by molar-refractivity contribution is 6.33. The Morgan fingerprint density at radius 3 is 2.91 bits per heavy atom. The van der Waals surface area contributed by atoms with Crippen molar-refractivity contribution >= 4 is 28.3 Å². The van der Waals surface area contributed by atoms with Gasteiger partial charge < -0.3 is 9.38 Å². The van der Waals surface area contributed by atoms with Crippen molar-refractivity contribution in [1.82, 2.24) is 24.3 Å². The molecule has 1 aliphatic carbocycles. The summed E-state index contributed by atoms with van der Waals surface area (Å²) in [6, 6.07) is 6.16. The van der Waals surface area contributed by atoms with Crippen molar-refractivity contribution in [3.8, 4) is 0 Å². The minimum Gasteiger partial charge on any atom is -0.342 e. The van der Waals surface area contributed by atoms with Gasteiger partial charge in [-0.2, -0.15) is 0 Å². The number of hydrogen-bond acceptors (Lipinski definition) is 3. The second-order valence-corrected chi connectivity index (χ2v) is 6.45. The highest BCUT2D eigenvalue weighted by Crippen LogP contribution is 2.39. The Morgan fingerprint density at radius 1 is 1.17 bits per heavy atom. The number of imidazole rings is 2. The smallest absolute Gasteiger partial charge is 0.156 e. The molecule has 1 N–H and O–H groups in total. The minimum absolute atomic E-state index is 0.425. The molecule has 23 heavy (non-hydrogen) atoms. The van der Waals surface area contributed by atoms with Gasteiger partial charge in [-0.3, -0.25) is 0 Å². The summed E-state index contributed by atoms with van der Waals surface area (Å²) in [4.78, 5) is 16.6. The van der Waals surface area contributed by atoms with E-state index in [0.717, 1.165) is 28.6 Å². The average molecular weight is 324 g/mol. The van der Waals surface area contributed by atoms with E-state index in [0.29, 0.717) is 17.1 Å². The van der Waals surface area contributed by atoms with Crippen molar-refractivity contribution in [2.45, 2.75) is 25.2 Å². The Labute approximate surface area is 137 Å². The molecule has 0 unspecified atom stereocenters. The van der Waals surface area contributed by atoms with Crippen LogP contribution in [0.4, 0.5) is 0 Å². The van der Waals surface area contributed by atoms with Gasteiger partial charge in [0.25, 0.3) is 0 Å². The second kappa shape index (κ2) is 4.80. The van der Waals surface area contributed by atoms with E-state index in [1.807, 2.05) is 6.07 Å². The molecule has 0 bridgehead atoms. The molecule has 0 aliphatic heterocycles. The Kier molecular flexibility index (Phi) is 2.73. The number of H-pyrrole nitrogens is 1. The second-order valence-electron chi connectivity index (χ2n) is 6.09. The van der Waals surface area contributed by atoms with E-state index < -0.39 is 0 Å². The molecule has 0 aromatic carbocycles. The lowest BCUT2D eigenvalue weighted by Crippen LogP contribution is -1.90. The maximum absolute atomic E-state index is 6.08. The third-order valence-electron chi connectivity index (χ3n) is 4.33. The summed E-state index contributed by atoms with van der Waals surface area (Å²) in [5, 5.41) is 0.425. The van der Waals surface area contributed by atoms with Gasteiger partial charge in [0.15, 0.2) is 5.15 Å². The standard InChI is InChI=1S/C17H14ClN5/c18-17-16-13(5-6-19-17)21-14(22-16)7-12-9-23-8-11(10-1-2-10)3-4-15(23)20-12/h3-6,8-10H,1-2,7H2,(H,21,22). The minimum atomic E-state index is 0.425. The van der Waals surface area contributed by atoms with Crippen LogP contribution in [0.3, 0.4) is 0 Å². The van der Waals surface area contributed by atoms with Crippen LogP contribution in [0.25, 0.3) is 16.7 Å². The van der Waals surface area contributed by atoms with Gasteiger partial charge in [-0.05, 0) is 36.5 Å². The molecule has 4 heterocycles. The van der Waals surface area contributed by atoms with Gasteiger partial charge in [0.1, 0.15) is 17.0 Å². The number of rotatable bonds is 3. The van der Waals surface area contributed by atoms with Crippen molar-refractivity contribution in [3.63, 3.8) is 0 Å². The lowest BCUT2D eigenvalue weighted by atomic mass is 10.2. The Bertz CT molecular complexity index is 1030. The van der Waals surface area contributed by atoms with Crippen LogP contribution in [0.2, 0.25) is 5.15 Å². The monoisotopic (exact) mass is 323 g/mol. The topological polar surface area (TPSA) is 58.9 Å². The van der Waals surface area contributed by atoms with Crippen LogP contribution in [-0.2, 0) is 6.42 Å². The van der Waals surface area contributed by atoms with Crippen LogP contribution in [-0.4, -0.2) is 24.3 Å². The number of pyridine rings is 2. The normalized spacial score (nSPS) is 14.8. The zero-order valence-corrected chi connectivity index (χ0v) is 13.1. The van der Waals surface area contributed by atoms with Crippen LogP contribution in [0, 0.1) is 0 Å². The fourth-order valence-electron chi connectivity index (χ4n) is 3.01. The molecular formula is C17H14ClN5. The average Bonchev–Trinajstić information content (AvgIpc) is 3.18. The van der Waals surface area contributed by atoms with Crippen LogP contribution in [0.1, 0.15) is 35.8 Å². The van der Waals surface area contributed by atoms with E-state index >= 15 is 0 Å². The first-order valence-corrected chi connectivity index (χ1v) is 8.11. The largest absolute Gasteiger partial charge is 0.342 e. The van der Waals surface area contributed by atoms with E-state index in [2.05, 4.69) is 48.9 Å². The first-order valence-electron chi connectivity index (χ1n) is 7.73. The first kappa shape index (κ1) is 13.1. The predicted molar refractivity (Wildman–Crippen MR) is 88.9 cm³/mol. The number of aromatic amines is 1. The van der Waals surface area contributed by atoms with Crippen LogP contribution in [0.15, 0.2) is 36.8 Å². The molecular weight excluding hydrogens is 310 g/mol. The third kappa shape index (κ3) is 2.28. The molecule has 4 aromatic heterocycles. The van der Waals surface area contributed by atoms with Crippen molar-refractivity contribution in [2.75, 3.05) is 0 Å². The van der Waals surface area contributed by atoms with Gasteiger partial charge in [-0.1, -0.05) is 17.7 Å². The number of nitrogens with one attached hydrogen (secondary N) is 1. The van der Waals surface area contributed by atoms with E-state index in [4.69, 9.17) is 11.6 Å². The summed E-state index contributed by atoms with van der Waals surface area (Å²) in [5.41, 5.74) is 4.98. The highest BCUT2D eigenvalue weighted by atomic mass is 35.5. The van der Waals surface area contributed by atoms with E-state index in [1.54, 1.807) is 6.20 Å². The van der Waals surface area contributed by atoms with E-state index in [9.17, 15) is 0 Å². The number of fused-ring (bicyclic) bond motifs is 2. The molecule has 0 spiro atoms. The molecule has 0 saturated heterocycles. The van der Waals surface area contributed by atoms with E-state index in [-0.39, 0.29) is 0 Å². The Hall–Kier alpha value is -2.40. The maximum atomic E-state index is 6.08. The molecule has 114 valence electrons. The van der Waals surface area contributed by atoms with Crippen molar-refractivity contribution in [3.05, 3.63) is 59.0 Å². The van der Waals surface area contributed by atoms with Crippen molar-refractivity contribution < 1.29 is 0 Å². The third-order valence-corrected chi connectivity index (χ3v) is 4.60. The van der Waals surface area contributed by atoms with Gasteiger partial charge in [-0.15, -0.1) is 0 Å². The van der Waals surface area contributed by atoms with Crippen LogP contribution >= 0.6 is 11.6 Å². The van der Waals surface area contributed by atoms with E-state index in [1.165, 1.54) is 18.4 Å². The van der Waals surface area contributed by atoms with Gasteiger partial charge >= 0.3 is 0 Å². The molecule has 5 rings (SSSR count). The van der Waals surface area contributed by atoms with Crippen LogP contribution in [0.5, 0.6) is 0 Å². The highest BCUT2D eigenvalue weighted by Gasteiger charge is 2.23. The number of aromatic nitrogens is 5. The molecule has 6 heteroatoms. The fourth-order valence-corrected chi connectivity index (χ4v) is 3.21. The summed E-state index contributed by atoms with van der Waals surface area (Å²) in [6.45, 7) is 0. The summed E-state index contributed by atoms with van der Waals surface area (Å²) < 4.78 is 2.11. The quantitative estimate of drug-likeness (QED) is 0.584. The van der Waals surface area contributed by atoms with Gasteiger partial charge in [0.05, 0.1) is 11.2 Å². The predicted octanol–water partition coefficient (Wildman–Crippen LogP) is 3.73.